The van der Waals surface area contributed by atoms with E-state index in [1.54, 1.807) is 7.11 Å². The van der Waals surface area contributed by atoms with E-state index in [-0.39, 0.29) is 0 Å². The van der Waals surface area contributed by atoms with Gasteiger partial charge in [0.1, 0.15) is 11.9 Å². The zero-order valence-corrected chi connectivity index (χ0v) is 11.9. The minimum atomic E-state index is 0.510. The minimum absolute atomic E-state index is 0.510. The number of aromatic nitrogens is 1. The predicted octanol–water partition coefficient (Wildman–Crippen LogP) is 3.46. The number of hydrogen-bond acceptors (Lipinski definition) is 4. The molecule has 0 aliphatic heterocycles. The summed E-state index contributed by atoms with van der Waals surface area (Å²) in [6, 6.07) is 12.0. The van der Waals surface area contributed by atoms with Gasteiger partial charge in [0.2, 0.25) is 0 Å². The molecule has 102 valence electrons. The van der Waals surface area contributed by atoms with Crippen molar-refractivity contribution in [1.82, 2.24) is 4.98 Å². The van der Waals surface area contributed by atoms with E-state index >= 15 is 0 Å². The highest BCUT2D eigenvalue weighted by Crippen LogP contribution is 2.24. The number of ether oxygens (including phenoxy) is 1. The summed E-state index contributed by atoms with van der Waals surface area (Å²) in [5, 5.41) is 12.5. The van der Waals surface area contributed by atoms with E-state index in [9.17, 15) is 5.26 Å². The van der Waals surface area contributed by atoms with Crippen molar-refractivity contribution in [3.63, 3.8) is 0 Å². The summed E-state index contributed by atoms with van der Waals surface area (Å²) in [6.07, 6.45) is 0. The number of benzene rings is 1. The average molecular weight is 267 g/mol. The largest absolute Gasteiger partial charge is 0.380 e. The quantitative estimate of drug-likeness (QED) is 0.921. The number of pyridine rings is 1. The Morgan fingerprint density at radius 1 is 1.30 bits per heavy atom. The molecule has 1 N–H and O–H groups in total. The van der Waals surface area contributed by atoms with Crippen LogP contribution in [0.2, 0.25) is 0 Å². The summed E-state index contributed by atoms with van der Waals surface area (Å²) in [4.78, 5) is 4.43. The topological polar surface area (TPSA) is 57.9 Å². The molecule has 0 saturated heterocycles. The van der Waals surface area contributed by atoms with E-state index in [1.807, 2.05) is 44.2 Å². The number of aryl methyl sites for hydroxylation is 2. The van der Waals surface area contributed by atoms with Crippen LogP contribution in [0.25, 0.3) is 0 Å². The first kappa shape index (κ1) is 14.0. The van der Waals surface area contributed by atoms with E-state index in [2.05, 4.69) is 16.4 Å². The standard InChI is InChI=1S/C16H17N3O/c1-11-8-12(2)18-16(14(11)9-17)19-15-7-5-4-6-13(15)10-20-3/h4-8H,10H2,1-3H3,(H,18,19). The van der Waals surface area contributed by atoms with E-state index < -0.39 is 0 Å². The van der Waals surface area contributed by atoms with Crippen LogP contribution in [0.3, 0.4) is 0 Å². The fourth-order valence-corrected chi connectivity index (χ4v) is 2.12. The predicted molar refractivity (Wildman–Crippen MR) is 78.9 cm³/mol. The molecule has 2 aromatic rings. The molecule has 4 nitrogen and oxygen atoms in total. The molecule has 0 aliphatic carbocycles. The molecular weight excluding hydrogens is 250 g/mol. The lowest BCUT2D eigenvalue weighted by molar-refractivity contribution is 0.185. The van der Waals surface area contributed by atoms with Crippen molar-refractivity contribution in [2.75, 3.05) is 12.4 Å². The van der Waals surface area contributed by atoms with Crippen LogP contribution in [-0.4, -0.2) is 12.1 Å². The molecule has 0 saturated carbocycles. The van der Waals surface area contributed by atoms with Crippen LogP contribution >= 0.6 is 0 Å². The van der Waals surface area contributed by atoms with Crippen LogP contribution < -0.4 is 5.32 Å². The van der Waals surface area contributed by atoms with Gasteiger partial charge in [-0.05, 0) is 31.5 Å². The molecule has 1 aromatic carbocycles. The second-order valence-corrected chi connectivity index (χ2v) is 4.63. The summed E-state index contributed by atoms with van der Waals surface area (Å²) in [6.45, 7) is 4.34. The summed E-state index contributed by atoms with van der Waals surface area (Å²) in [7, 11) is 1.66. The van der Waals surface area contributed by atoms with Crippen molar-refractivity contribution >= 4 is 11.5 Å². The van der Waals surface area contributed by atoms with Gasteiger partial charge < -0.3 is 10.1 Å². The molecule has 0 fully saturated rings. The van der Waals surface area contributed by atoms with Crippen molar-refractivity contribution in [3.8, 4) is 6.07 Å². The maximum absolute atomic E-state index is 9.29. The lowest BCUT2D eigenvalue weighted by Crippen LogP contribution is -2.03. The summed E-state index contributed by atoms with van der Waals surface area (Å²) in [5.41, 5.74) is 4.31. The van der Waals surface area contributed by atoms with E-state index in [0.29, 0.717) is 18.0 Å². The van der Waals surface area contributed by atoms with Crippen molar-refractivity contribution in [2.24, 2.45) is 0 Å². The van der Waals surface area contributed by atoms with Crippen molar-refractivity contribution in [2.45, 2.75) is 20.5 Å². The van der Waals surface area contributed by atoms with Crippen molar-refractivity contribution in [1.29, 1.82) is 5.26 Å². The second-order valence-electron chi connectivity index (χ2n) is 4.63. The fraction of sp³-hybridized carbons (Fsp3) is 0.250. The molecule has 0 radical (unpaired) electrons. The zero-order chi connectivity index (χ0) is 14.5. The molecule has 0 amide bonds. The van der Waals surface area contributed by atoms with E-state index in [1.165, 1.54) is 0 Å². The molecule has 2 rings (SSSR count). The molecule has 0 bridgehead atoms. The van der Waals surface area contributed by atoms with Crippen LogP contribution in [0.4, 0.5) is 11.5 Å². The van der Waals surface area contributed by atoms with Gasteiger partial charge >= 0.3 is 0 Å². The summed E-state index contributed by atoms with van der Waals surface area (Å²) < 4.78 is 5.18. The highest BCUT2D eigenvalue weighted by atomic mass is 16.5. The lowest BCUT2D eigenvalue weighted by Gasteiger charge is -2.13. The average Bonchev–Trinajstić information content (AvgIpc) is 2.41. The van der Waals surface area contributed by atoms with Crippen LogP contribution in [0.15, 0.2) is 30.3 Å². The lowest BCUT2D eigenvalue weighted by atomic mass is 10.1. The van der Waals surface area contributed by atoms with Gasteiger partial charge in [0.25, 0.3) is 0 Å². The van der Waals surface area contributed by atoms with Gasteiger partial charge in [-0.1, -0.05) is 18.2 Å². The maximum Gasteiger partial charge on any atom is 0.148 e. The van der Waals surface area contributed by atoms with Gasteiger partial charge in [-0.3, -0.25) is 0 Å². The molecular formula is C16H17N3O. The highest BCUT2D eigenvalue weighted by molar-refractivity contribution is 5.67. The minimum Gasteiger partial charge on any atom is -0.380 e. The first-order chi connectivity index (χ1) is 9.65. The van der Waals surface area contributed by atoms with Gasteiger partial charge in [0, 0.05) is 24.1 Å². The number of nitriles is 1. The first-order valence-corrected chi connectivity index (χ1v) is 6.38. The smallest absolute Gasteiger partial charge is 0.148 e. The molecule has 20 heavy (non-hydrogen) atoms. The fourth-order valence-electron chi connectivity index (χ4n) is 2.12. The monoisotopic (exact) mass is 267 g/mol. The summed E-state index contributed by atoms with van der Waals surface area (Å²) in [5.74, 6) is 0.591. The Morgan fingerprint density at radius 3 is 2.75 bits per heavy atom. The Hall–Kier alpha value is -2.38. The number of hydrogen-bond donors (Lipinski definition) is 1. The number of nitrogens with zero attached hydrogens (tertiary/aromatic N) is 2. The van der Waals surface area contributed by atoms with Gasteiger partial charge in [-0.25, -0.2) is 4.98 Å². The molecule has 4 heteroatoms. The molecule has 0 atom stereocenters. The van der Waals surface area contributed by atoms with Crippen LogP contribution in [0.5, 0.6) is 0 Å². The zero-order valence-electron chi connectivity index (χ0n) is 11.9. The Balaban J connectivity index is 2.43. The van der Waals surface area contributed by atoms with Gasteiger partial charge in [-0.15, -0.1) is 0 Å². The number of rotatable bonds is 4. The Morgan fingerprint density at radius 2 is 2.05 bits per heavy atom. The maximum atomic E-state index is 9.29. The van der Waals surface area contributed by atoms with Crippen LogP contribution in [0, 0.1) is 25.2 Å². The molecule has 0 spiro atoms. The Kier molecular flexibility index (Phi) is 4.34. The van der Waals surface area contributed by atoms with Gasteiger partial charge in [0.15, 0.2) is 0 Å². The van der Waals surface area contributed by atoms with Crippen LogP contribution in [0.1, 0.15) is 22.4 Å². The number of para-hydroxylation sites is 1. The SMILES string of the molecule is COCc1ccccc1Nc1nc(C)cc(C)c1C#N. The van der Waals surface area contributed by atoms with Gasteiger partial charge in [0.05, 0.1) is 12.2 Å². The number of methoxy groups -OCH3 is 1. The van der Waals surface area contributed by atoms with Crippen molar-refractivity contribution < 1.29 is 4.74 Å². The van der Waals surface area contributed by atoms with Crippen molar-refractivity contribution in [3.05, 3.63) is 52.7 Å². The number of nitrogens with one attached hydrogen (secondary N) is 1. The third kappa shape index (κ3) is 2.95. The second kappa shape index (κ2) is 6.18. The van der Waals surface area contributed by atoms with E-state index in [4.69, 9.17) is 4.74 Å². The Bertz CT molecular complexity index is 659. The summed E-state index contributed by atoms with van der Waals surface area (Å²) >= 11 is 0. The highest BCUT2D eigenvalue weighted by Gasteiger charge is 2.10. The van der Waals surface area contributed by atoms with E-state index in [0.717, 1.165) is 22.5 Å². The molecule has 0 aliphatic rings. The molecule has 1 heterocycles. The first-order valence-electron chi connectivity index (χ1n) is 6.38. The van der Waals surface area contributed by atoms with Gasteiger partial charge in [-0.2, -0.15) is 5.26 Å². The third-order valence-electron chi connectivity index (χ3n) is 3.03. The molecule has 0 unspecified atom stereocenters. The Labute approximate surface area is 119 Å². The van der Waals surface area contributed by atoms with Crippen LogP contribution in [-0.2, 0) is 11.3 Å². The molecule has 1 aromatic heterocycles. The third-order valence-corrected chi connectivity index (χ3v) is 3.03. The normalized spacial score (nSPS) is 10.1. The number of anilines is 2.